The van der Waals surface area contributed by atoms with Crippen LogP contribution in [0, 0.1) is 0 Å². The quantitative estimate of drug-likeness (QED) is 0.924. The summed E-state index contributed by atoms with van der Waals surface area (Å²) in [5.74, 6) is 0. The Balaban J connectivity index is 2.20. The van der Waals surface area contributed by atoms with Crippen LogP contribution in [0.25, 0.3) is 0 Å². The van der Waals surface area contributed by atoms with Crippen molar-refractivity contribution in [1.82, 2.24) is 4.90 Å². The number of hydrogen-bond donors (Lipinski definition) is 1. The zero-order valence-electron chi connectivity index (χ0n) is 11.0. The van der Waals surface area contributed by atoms with E-state index < -0.39 is 0 Å². The van der Waals surface area contributed by atoms with Gasteiger partial charge in [0, 0.05) is 41.2 Å². The number of benzene rings is 1. The minimum absolute atomic E-state index is 0.240. The number of hydrogen-bond acceptors (Lipinski definition) is 3. The van der Waals surface area contributed by atoms with Gasteiger partial charge in [0.05, 0.1) is 0 Å². The molecule has 1 aromatic carbocycles. The molecule has 0 spiro atoms. The number of thioether (sulfide) groups is 1. The van der Waals surface area contributed by atoms with E-state index in [9.17, 15) is 0 Å². The van der Waals surface area contributed by atoms with Gasteiger partial charge >= 0.3 is 0 Å². The Morgan fingerprint density at radius 1 is 1.33 bits per heavy atom. The Kier molecular flexibility index (Phi) is 4.96. The molecule has 1 aliphatic heterocycles. The molecule has 3 unspecified atom stereocenters. The average Bonchev–Trinajstić information content (AvgIpc) is 2.31. The largest absolute Gasteiger partial charge is 0.329 e. The van der Waals surface area contributed by atoms with Crippen molar-refractivity contribution in [2.24, 2.45) is 5.73 Å². The number of nitrogens with zero attached hydrogens (tertiary/aromatic N) is 1. The second-order valence-corrected chi connectivity index (χ2v) is 7.27. The van der Waals surface area contributed by atoms with Crippen LogP contribution in [-0.4, -0.2) is 35.0 Å². The van der Waals surface area contributed by atoms with Gasteiger partial charge in [-0.3, -0.25) is 4.90 Å². The Hall–Kier alpha value is -0.220. The van der Waals surface area contributed by atoms with E-state index in [0.29, 0.717) is 17.0 Å². The molecule has 1 aromatic rings. The van der Waals surface area contributed by atoms with Gasteiger partial charge < -0.3 is 5.73 Å². The van der Waals surface area contributed by atoms with E-state index in [1.807, 2.05) is 18.2 Å². The first-order valence-corrected chi connectivity index (χ1v) is 7.78. The van der Waals surface area contributed by atoms with Crippen molar-refractivity contribution in [2.75, 3.05) is 19.6 Å². The molecule has 2 rings (SSSR count). The monoisotopic (exact) mass is 284 g/mol. The zero-order chi connectivity index (χ0) is 13.1. The lowest BCUT2D eigenvalue weighted by Gasteiger charge is -2.39. The van der Waals surface area contributed by atoms with Gasteiger partial charge in [-0.25, -0.2) is 0 Å². The highest BCUT2D eigenvalue weighted by molar-refractivity contribution is 8.00. The summed E-state index contributed by atoms with van der Waals surface area (Å²) < 4.78 is 0. The SMILES string of the molecule is CC1CN(C(CN)c2ccccc2Cl)CC(C)S1. The molecule has 100 valence electrons. The Morgan fingerprint density at radius 2 is 1.94 bits per heavy atom. The van der Waals surface area contributed by atoms with Crippen molar-refractivity contribution in [3.8, 4) is 0 Å². The van der Waals surface area contributed by atoms with E-state index in [2.05, 4.69) is 36.6 Å². The molecule has 0 aromatic heterocycles. The van der Waals surface area contributed by atoms with Crippen LogP contribution < -0.4 is 5.73 Å². The van der Waals surface area contributed by atoms with Crippen LogP contribution in [0.3, 0.4) is 0 Å². The van der Waals surface area contributed by atoms with Crippen molar-refractivity contribution in [1.29, 1.82) is 0 Å². The normalized spacial score (nSPS) is 27.1. The molecule has 0 amide bonds. The summed E-state index contributed by atoms with van der Waals surface area (Å²) in [4.78, 5) is 2.48. The second kappa shape index (κ2) is 6.29. The number of halogens is 1. The van der Waals surface area contributed by atoms with E-state index in [4.69, 9.17) is 17.3 Å². The van der Waals surface area contributed by atoms with Crippen LogP contribution in [0.15, 0.2) is 24.3 Å². The summed E-state index contributed by atoms with van der Waals surface area (Å²) in [6.45, 7) is 7.36. The molecule has 4 heteroatoms. The molecule has 1 aliphatic rings. The standard InChI is InChI=1S/C14H21ClN2S/c1-10-8-17(9-11(2)18-10)14(7-16)12-5-3-4-6-13(12)15/h3-6,10-11,14H,7-9,16H2,1-2H3. The predicted octanol–water partition coefficient (Wildman–Crippen LogP) is 3.17. The summed E-state index contributed by atoms with van der Waals surface area (Å²) in [6.07, 6.45) is 0. The van der Waals surface area contributed by atoms with Crippen LogP contribution in [0.5, 0.6) is 0 Å². The molecule has 2 N–H and O–H groups in total. The van der Waals surface area contributed by atoms with Gasteiger partial charge in [0.2, 0.25) is 0 Å². The molecule has 0 bridgehead atoms. The van der Waals surface area contributed by atoms with Crippen molar-refractivity contribution < 1.29 is 0 Å². The minimum atomic E-state index is 0.240. The van der Waals surface area contributed by atoms with Crippen LogP contribution in [-0.2, 0) is 0 Å². The Labute approximate surface area is 119 Å². The molecule has 18 heavy (non-hydrogen) atoms. The van der Waals surface area contributed by atoms with Gasteiger partial charge in [-0.15, -0.1) is 0 Å². The maximum Gasteiger partial charge on any atom is 0.0486 e. The predicted molar refractivity (Wildman–Crippen MR) is 81.3 cm³/mol. The lowest BCUT2D eigenvalue weighted by Crippen LogP contribution is -2.44. The molecule has 1 saturated heterocycles. The maximum atomic E-state index is 6.30. The van der Waals surface area contributed by atoms with Gasteiger partial charge in [0.1, 0.15) is 0 Å². The van der Waals surface area contributed by atoms with E-state index in [-0.39, 0.29) is 6.04 Å². The number of rotatable bonds is 3. The second-order valence-electron chi connectivity index (χ2n) is 4.98. The molecule has 1 fully saturated rings. The third kappa shape index (κ3) is 3.21. The molecule has 0 aliphatic carbocycles. The van der Waals surface area contributed by atoms with Gasteiger partial charge in [0.15, 0.2) is 0 Å². The van der Waals surface area contributed by atoms with E-state index >= 15 is 0 Å². The number of nitrogens with two attached hydrogens (primary N) is 1. The van der Waals surface area contributed by atoms with Gasteiger partial charge in [-0.1, -0.05) is 43.6 Å². The van der Waals surface area contributed by atoms with Gasteiger partial charge in [-0.2, -0.15) is 11.8 Å². The van der Waals surface area contributed by atoms with Crippen LogP contribution >= 0.6 is 23.4 Å². The first-order valence-electron chi connectivity index (χ1n) is 6.45. The average molecular weight is 285 g/mol. The zero-order valence-corrected chi connectivity index (χ0v) is 12.5. The van der Waals surface area contributed by atoms with Gasteiger partial charge in [-0.05, 0) is 11.6 Å². The van der Waals surface area contributed by atoms with E-state index in [0.717, 1.165) is 23.7 Å². The van der Waals surface area contributed by atoms with Crippen molar-refractivity contribution in [2.45, 2.75) is 30.4 Å². The molecular formula is C14H21ClN2S. The van der Waals surface area contributed by atoms with Crippen molar-refractivity contribution in [3.63, 3.8) is 0 Å². The molecule has 3 atom stereocenters. The fourth-order valence-corrected chi connectivity index (χ4v) is 4.30. The first kappa shape index (κ1) is 14.2. The lowest BCUT2D eigenvalue weighted by molar-refractivity contribution is 0.199. The summed E-state index contributed by atoms with van der Waals surface area (Å²) in [5.41, 5.74) is 7.15. The summed E-state index contributed by atoms with van der Waals surface area (Å²) >= 11 is 8.36. The molecular weight excluding hydrogens is 264 g/mol. The fraction of sp³-hybridized carbons (Fsp3) is 0.571. The van der Waals surface area contributed by atoms with Crippen LogP contribution in [0.2, 0.25) is 5.02 Å². The third-order valence-electron chi connectivity index (χ3n) is 3.38. The highest BCUT2D eigenvalue weighted by Crippen LogP contribution is 2.33. The highest BCUT2D eigenvalue weighted by atomic mass is 35.5. The van der Waals surface area contributed by atoms with Crippen molar-refractivity contribution >= 4 is 23.4 Å². The molecule has 2 nitrogen and oxygen atoms in total. The lowest BCUT2D eigenvalue weighted by atomic mass is 10.0. The van der Waals surface area contributed by atoms with Crippen LogP contribution in [0.4, 0.5) is 0 Å². The smallest absolute Gasteiger partial charge is 0.0486 e. The Morgan fingerprint density at radius 3 is 2.50 bits per heavy atom. The van der Waals surface area contributed by atoms with Gasteiger partial charge in [0.25, 0.3) is 0 Å². The minimum Gasteiger partial charge on any atom is -0.329 e. The maximum absolute atomic E-state index is 6.30. The Bertz CT molecular complexity index is 389. The molecule has 0 radical (unpaired) electrons. The first-order chi connectivity index (χ1) is 8.61. The third-order valence-corrected chi connectivity index (χ3v) is 4.95. The molecule has 1 heterocycles. The summed E-state index contributed by atoms with van der Waals surface area (Å²) in [6, 6.07) is 8.29. The van der Waals surface area contributed by atoms with E-state index in [1.54, 1.807) is 0 Å². The highest BCUT2D eigenvalue weighted by Gasteiger charge is 2.28. The van der Waals surface area contributed by atoms with Crippen LogP contribution in [0.1, 0.15) is 25.5 Å². The molecule has 0 saturated carbocycles. The fourth-order valence-electron chi connectivity index (χ4n) is 2.69. The van der Waals surface area contributed by atoms with E-state index in [1.165, 1.54) is 0 Å². The summed E-state index contributed by atoms with van der Waals surface area (Å²) in [7, 11) is 0. The van der Waals surface area contributed by atoms with Crippen molar-refractivity contribution in [3.05, 3.63) is 34.9 Å². The topological polar surface area (TPSA) is 29.3 Å². The summed E-state index contributed by atoms with van der Waals surface area (Å²) in [5, 5.41) is 2.14.